The standard InChI is InChI=1S/C12H13BrN2O/c1-2-12(16)7-15(8-12)11-4-3-10(13)5-9(11)6-14/h3-5,16H,2,7-8H2,1H3. The van der Waals surface area contributed by atoms with Gasteiger partial charge in [-0.15, -0.1) is 0 Å². The number of hydrogen-bond donors (Lipinski definition) is 1. The SMILES string of the molecule is CCC1(O)CN(c2ccc(Br)cc2C#N)C1. The zero-order chi connectivity index (χ0) is 11.8. The molecule has 1 heterocycles. The highest BCUT2D eigenvalue weighted by molar-refractivity contribution is 9.10. The van der Waals surface area contributed by atoms with Gasteiger partial charge in [0.05, 0.1) is 16.9 Å². The van der Waals surface area contributed by atoms with Gasteiger partial charge in [0.15, 0.2) is 0 Å². The first-order valence-electron chi connectivity index (χ1n) is 5.25. The van der Waals surface area contributed by atoms with Crippen molar-refractivity contribution in [3.05, 3.63) is 28.2 Å². The number of anilines is 1. The second-order valence-electron chi connectivity index (χ2n) is 4.21. The molecule has 4 heteroatoms. The molecule has 2 rings (SSSR count). The smallest absolute Gasteiger partial charge is 0.101 e. The monoisotopic (exact) mass is 280 g/mol. The van der Waals surface area contributed by atoms with Crippen molar-refractivity contribution >= 4 is 21.6 Å². The fourth-order valence-electron chi connectivity index (χ4n) is 1.93. The molecule has 0 spiro atoms. The first kappa shape index (κ1) is 11.4. The van der Waals surface area contributed by atoms with Crippen molar-refractivity contribution in [2.45, 2.75) is 18.9 Å². The van der Waals surface area contributed by atoms with Crippen molar-refractivity contribution in [1.29, 1.82) is 5.26 Å². The Morgan fingerprint density at radius 3 is 2.81 bits per heavy atom. The van der Waals surface area contributed by atoms with Crippen molar-refractivity contribution < 1.29 is 5.11 Å². The van der Waals surface area contributed by atoms with Crippen LogP contribution in [0.4, 0.5) is 5.69 Å². The Morgan fingerprint density at radius 2 is 2.25 bits per heavy atom. The predicted molar refractivity (Wildman–Crippen MR) is 66.3 cm³/mol. The third-order valence-corrected chi connectivity index (χ3v) is 3.54. The van der Waals surface area contributed by atoms with Gasteiger partial charge in [0.25, 0.3) is 0 Å². The minimum absolute atomic E-state index is 0.570. The van der Waals surface area contributed by atoms with Crippen LogP contribution in [0.3, 0.4) is 0 Å². The Kier molecular flexibility index (Phi) is 2.92. The lowest BCUT2D eigenvalue weighted by Crippen LogP contribution is -2.61. The Labute approximate surface area is 103 Å². The molecule has 1 aromatic rings. The van der Waals surface area contributed by atoms with Crippen LogP contribution in [0.1, 0.15) is 18.9 Å². The van der Waals surface area contributed by atoms with Crippen LogP contribution >= 0.6 is 15.9 Å². The molecule has 1 aromatic carbocycles. The molecule has 16 heavy (non-hydrogen) atoms. The lowest BCUT2D eigenvalue weighted by Gasteiger charge is -2.47. The number of hydrogen-bond acceptors (Lipinski definition) is 3. The van der Waals surface area contributed by atoms with Gasteiger partial charge in [-0.3, -0.25) is 0 Å². The van der Waals surface area contributed by atoms with Gasteiger partial charge < -0.3 is 10.0 Å². The summed E-state index contributed by atoms with van der Waals surface area (Å²) in [6.45, 7) is 3.20. The first-order chi connectivity index (χ1) is 7.58. The summed E-state index contributed by atoms with van der Waals surface area (Å²) in [7, 11) is 0. The molecule has 1 fully saturated rings. The predicted octanol–water partition coefficient (Wildman–Crippen LogP) is 2.28. The Hall–Kier alpha value is -1.05. The van der Waals surface area contributed by atoms with E-state index in [1.165, 1.54) is 0 Å². The van der Waals surface area contributed by atoms with Crippen LogP contribution in [0.5, 0.6) is 0 Å². The molecule has 0 bridgehead atoms. The second kappa shape index (κ2) is 4.08. The van der Waals surface area contributed by atoms with Gasteiger partial charge in [0.1, 0.15) is 6.07 Å². The zero-order valence-electron chi connectivity index (χ0n) is 9.07. The van der Waals surface area contributed by atoms with E-state index in [1.807, 2.05) is 24.0 Å². The maximum absolute atomic E-state index is 9.93. The number of nitriles is 1. The first-order valence-corrected chi connectivity index (χ1v) is 6.04. The minimum Gasteiger partial charge on any atom is -0.386 e. The Morgan fingerprint density at radius 1 is 1.56 bits per heavy atom. The zero-order valence-corrected chi connectivity index (χ0v) is 10.7. The summed E-state index contributed by atoms with van der Waals surface area (Å²) in [5.74, 6) is 0. The molecule has 0 saturated carbocycles. The van der Waals surface area contributed by atoms with Gasteiger partial charge in [-0.2, -0.15) is 5.26 Å². The van der Waals surface area contributed by atoms with E-state index in [2.05, 4.69) is 22.0 Å². The van der Waals surface area contributed by atoms with E-state index in [-0.39, 0.29) is 0 Å². The van der Waals surface area contributed by atoms with Gasteiger partial charge >= 0.3 is 0 Å². The lowest BCUT2D eigenvalue weighted by atomic mass is 9.90. The molecule has 0 atom stereocenters. The van der Waals surface area contributed by atoms with Gasteiger partial charge in [0, 0.05) is 17.6 Å². The third kappa shape index (κ3) is 1.93. The topological polar surface area (TPSA) is 47.3 Å². The van der Waals surface area contributed by atoms with E-state index in [0.717, 1.165) is 16.6 Å². The Balaban J connectivity index is 2.21. The molecule has 0 aromatic heterocycles. The van der Waals surface area contributed by atoms with Crippen molar-refractivity contribution in [2.75, 3.05) is 18.0 Å². The van der Waals surface area contributed by atoms with Crippen LogP contribution in [0.2, 0.25) is 0 Å². The van der Waals surface area contributed by atoms with Crippen molar-refractivity contribution in [3.8, 4) is 6.07 Å². The van der Waals surface area contributed by atoms with Crippen molar-refractivity contribution in [3.63, 3.8) is 0 Å². The summed E-state index contributed by atoms with van der Waals surface area (Å²) in [5, 5.41) is 19.0. The molecule has 1 aliphatic heterocycles. The van der Waals surface area contributed by atoms with Crippen molar-refractivity contribution in [2.24, 2.45) is 0 Å². The highest BCUT2D eigenvalue weighted by Gasteiger charge is 2.40. The lowest BCUT2D eigenvalue weighted by molar-refractivity contribution is 0.00851. The van der Waals surface area contributed by atoms with E-state index in [4.69, 9.17) is 5.26 Å². The summed E-state index contributed by atoms with van der Waals surface area (Å²) in [5.41, 5.74) is 0.983. The van der Waals surface area contributed by atoms with Crippen LogP contribution in [0.25, 0.3) is 0 Å². The van der Waals surface area contributed by atoms with Gasteiger partial charge in [-0.1, -0.05) is 22.9 Å². The molecule has 1 aliphatic rings. The van der Waals surface area contributed by atoms with Gasteiger partial charge in [-0.05, 0) is 24.6 Å². The van der Waals surface area contributed by atoms with E-state index >= 15 is 0 Å². The van der Waals surface area contributed by atoms with E-state index in [1.54, 1.807) is 6.07 Å². The van der Waals surface area contributed by atoms with Crippen LogP contribution in [0, 0.1) is 11.3 Å². The largest absolute Gasteiger partial charge is 0.386 e. The summed E-state index contributed by atoms with van der Waals surface area (Å²) in [4.78, 5) is 2.04. The molecule has 0 radical (unpaired) electrons. The minimum atomic E-state index is -0.570. The van der Waals surface area contributed by atoms with E-state index < -0.39 is 5.60 Å². The fourth-order valence-corrected chi connectivity index (χ4v) is 2.29. The van der Waals surface area contributed by atoms with Crippen LogP contribution in [0.15, 0.2) is 22.7 Å². The third-order valence-electron chi connectivity index (χ3n) is 3.05. The quantitative estimate of drug-likeness (QED) is 0.904. The Bertz CT molecular complexity index is 447. The number of rotatable bonds is 2. The van der Waals surface area contributed by atoms with E-state index in [0.29, 0.717) is 18.7 Å². The average Bonchev–Trinajstić information content (AvgIpc) is 2.25. The van der Waals surface area contributed by atoms with Gasteiger partial charge in [-0.25, -0.2) is 0 Å². The molecular formula is C12H13BrN2O. The molecular weight excluding hydrogens is 268 g/mol. The summed E-state index contributed by atoms with van der Waals surface area (Å²) in [6.07, 6.45) is 0.752. The van der Waals surface area contributed by atoms with E-state index in [9.17, 15) is 5.11 Å². The maximum Gasteiger partial charge on any atom is 0.101 e. The fraction of sp³-hybridized carbons (Fsp3) is 0.417. The average molecular weight is 281 g/mol. The molecule has 0 unspecified atom stereocenters. The number of aliphatic hydroxyl groups is 1. The number of benzene rings is 1. The number of halogens is 1. The molecule has 3 nitrogen and oxygen atoms in total. The highest BCUT2D eigenvalue weighted by Crippen LogP contribution is 2.33. The van der Waals surface area contributed by atoms with Crippen molar-refractivity contribution in [1.82, 2.24) is 0 Å². The second-order valence-corrected chi connectivity index (χ2v) is 5.12. The number of nitrogens with zero attached hydrogens (tertiary/aromatic N) is 2. The number of β-amino-alcohol motifs (C(OH)–C–C–N with tert-alkyl or cyclic N) is 1. The molecule has 84 valence electrons. The summed E-state index contributed by atoms with van der Waals surface area (Å²) < 4.78 is 0.902. The molecule has 0 aliphatic carbocycles. The maximum atomic E-state index is 9.93. The summed E-state index contributed by atoms with van der Waals surface area (Å²) in [6, 6.07) is 7.81. The van der Waals surface area contributed by atoms with Gasteiger partial charge in [0.2, 0.25) is 0 Å². The summed E-state index contributed by atoms with van der Waals surface area (Å²) >= 11 is 3.34. The highest BCUT2D eigenvalue weighted by atomic mass is 79.9. The normalized spacial score (nSPS) is 17.8. The van der Waals surface area contributed by atoms with Crippen LogP contribution < -0.4 is 4.90 Å². The molecule has 0 amide bonds. The molecule has 1 saturated heterocycles. The molecule has 1 N–H and O–H groups in total. The van der Waals surface area contributed by atoms with Crippen LogP contribution in [-0.4, -0.2) is 23.8 Å². The van der Waals surface area contributed by atoms with Crippen LogP contribution in [-0.2, 0) is 0 Å².